The topological polar surface area (TPSA) is 152 Å². The number of para-hydroxylation sites is 1. The monoisotopic (exact) mass is 488 g/mol. The van der Waals surface area contributed by atoms with Crippen molar-refractivity contribution in [1.82, 2.24) is 4.98 Å². The van der Waals surface area contributed by atoms with E-state index in [1.807, 2.05) is 66.7 Å². The largest absolute Gasteiger partial charge is 0.365 e. The number of benzene rings is 3. The molecule has 0 atom stereocenters. The first kappa shape index (κ1) is 24.5. The lowest BCUT2D eigenvalue weighted by molar-refractivity contribution is -0.384. The first-order valence-corrected chi connectivity index (χ1v) is 11.1. The number of nitriles is 2. The van der Waals surface area contributed by atoms with Crippen LogP contribution in [0.4, 0.5) is 34.4 Å². The molecule has 0 spiro atoms. The van der Waals surface area contributed by atoms with Crippen molar-refractivity contribution in [3.63, 3.8) is 0 Å². The number of rotatable bonds is 8. The number of nitrogens with zero attached hydrogens (tertiary/aromatic N) is 6. The molecule has 180 valence electrons. The number of nitro groups is 1. The van der Waals surface area contributed by atoms with Crippen LogP contribution in [0.5, 0.6) is 0 Å². The second-order valence-electron chi connectivity index (χ2n) is 7.87. The number of nitro benzene ring substituents is 1. The van der Waals surface area contributed by atoms with Gasteiger partial charge in [-0.05, 0) is 30.7 Å². The van der Waals surface area contributed by atoms with Crippen molar-refractivity contribution in [2.45, 2.75) is 13.5 Å². The number of anilines is 3. The summed E-state index contributed by atoms with van der Waals surface area (Å²) < 4.78 is 0. The average Bonchev–Trinajstić information content (AvgIpc) is 2.92. The van der Waals surface area contributed by atoms with Gasteiger partial charge in [-0.2, -0.15) is 10.5 Å². The molecule has 0 radical (unpaired) electrons. The van der Waals surface area contributed by atoms with Crippen molar-refractivity contribution in [2.75, 3.05) is 10.6 Å². The van der Waals surface area contributed by atoms with Crippen LogP contribution in [0.2, 0.25) is 0 Å². The summed E-state index contributed by atoms with van der Waals surface area (Å²) in [6, 6.07) is 26.9. The highest BCUT2D eigenvalue weighted by atomic mass is 16.6. The first-order chi connectivity index (χ1) is 18.0. The number of aromatic nitrogens is 1. The minimum Gasteiger partial charge on any atom is -0.365 e. The van der Waals surface area contributed by atoms with Gasteiger partial charge in [-0.15, -0.1) is 10.2 Å². The molecule has 10 heteroatoms. The van der Waals surface area contributed by atoms with Gasteiger partial charge >= 0.3 is 0 Å². The number of azo groups is 1. The molecule has 1 heterocycles. The smallest absolute Gasteiger partial charge is 0.270 e. The predicted octanol–water partition coefficient (Wildman–Crippen LogP) is 6.81. The Morgan fingerprint density at radius 1 is 0.946 bits per heavy atom. The van der Waals surface area contributed by atoms with Crippen molar-refractivity contribution in [2.24, 2.45) is 10.2 Å². The zero-order valence-electron chi connectivity index (χ0n) is 19.7. The van der Waals surface area contributed by atoms with Gasteiger partial charge in [-0.3, -0.25) is 10.1 Å². The van der Waals surface area contributed by atoms with E-state index in [-0.39, 0.29) is 16.9 Å². The maximum absolute atomic E-state index is 11.1. The van der Waals surface area contributed by atoms with E-state index < -0.39 is 4.92 Å². The lowest BCUT2D eigenvalue weighted by Gasteiger charge is -2.16. The molecule has 0 bridgehead atoms. The molecule has 0 aliphatic rings. The van der Waals surface area contributed by atoms with Crippen LogP contribution in [-0.2, 0) is 6.54 Å². The number of non-ortho nitro benzene ring substituents is 1. The molecule has 4 aromatic rings. The average molecular weight is 489 g/mol. The van der Waals surface area contributed by atoms with Crippen LogP contribution in [0.3, 0.4) is 0 Å². The third-order valence-electron chi connectivity index (χ3n) is 5.44. The molecule has 0 saturated carbocycles. The SMILES string of the molecule is Cc1c(C#N)c(NCc2ccccc2)nc(Nc2ccccc2)c1N=Nc1ccc([N+](=O)[O-])cc1C#N. The van der Waals surface area contributed by atoms with Crippen molar-refractivity contribution in [3.05, 3.63) is 111 Å². The van der Waals surface area contributed by atoms with Crippen LogP contribution in [-0.4, -0.2) is 9.91 Å². The van der Waals surface area contributed by atoms with Gasteiger partial charge < -0.3 is 10.6 Å². The van der Waals surface area contributed by atoms with Crippen LogP contribution in [0.25, 0.3) is 0 Å². The first-order valence-electron chi connectivity index (χ1n) is 11.1. The van der Waals surface area contributed by atoms with E-state index in [0.717, 1.165) is 17.3 Å². The van der Waals surface area contributed by atoms with Crippen LogP contribution >= 0.6 is 0 Å². The number of hydrogen-bond acceptors (Lipinski definition) is 9. The summed E-state index contributed by atoms with van der Waals surface area (Å²) in [5.74, 6) is 0.733. The van der Waals surface area contributed by atoms with E-state index in [1.54, 1.807) is 6.92 Å². The maximum atomic E-state index is 11.1. The molecule has 0 fully saturated rings. The fourth-order valence-corrected chi connectivity index (χ4v) is 3.53. The highest BCUT2D eigenvalue weighted by Crippen LogP contribution is 2.37. The normalized spacial score (nSPS) is 10.5. The van der Waals surface area contributed by atoms with E-state index in [2.05, 4.69) is 31.9 Å². The Kier molecular flexibility index (Phi) is 7.43. The molecule has 10 nitrogen and oxygen atoms in total. The Morgan fingerprint density at radius 2 is 1.65 bits per heavy atom. The molecular weight excluding hydrogens is 468 g/mol. The molecule has 0 aliphatic heterocycles. The lowest BCUT2D eigenvalue weighted by atomic mass is 10.1. The fraction of sp³-hybridized carbons (Fsp3) is 0.0741. The van der Waals surface area contributed by atoms with E-state index >= 15 is 0 Å². The van der Waals surface area contributed by atoms with Crippen molar-refractivity contribution in [3.8, 4) is 12.1 Å². The Hall–Kier alpha value is -5.61. The zero-order chi connectivity index (χ0) is 26.2. The van der Waals surface area contributed by atoms with Gasteiger partial charge in [0.15, 0.2) is 5.82 Å². The molecule has 1 aromatic heterocycles. The van der Waals surface area contributed by atoms with E-state index in [1.165, 1.54) is 12.1 Å². The summed E-state index contributed by atoms with van der Waals surface area (Å²) in [4.78, 5) is 15.1. The molecule has 0 amide bonds. The standard InChI is InChI=1S/C27H20N8O2/c1-18-23(16-29)26(30-17-19-8-4-2-5-9-19)32-27(31-21-10-6-3-7-11-21)25(18)34-33-24-13-12-22(35(36)37)14-20(24)15-28/h2-14H,17H2,1H3,(H2,30,31,32). The van der Waals surface area contributed by atoms with Crippen molar-refractivity contribution in [1.29, 1.82) is 10.5 Å². The van der Waals surface area contributed by atoms with Gasteiger partial charge in [0, 0.05) is 29.9 Å². The molecule has 0 unspecified atom stereocenters. The second kappa shape index (κ2) is 11.2. The molecule has 37 heavy (non-hydrogen) atoms. The predicted molar refractivity (Wildman–Crippen MR) is 139 cm³/mol. The molecule has 3 aromatic carbocycles. The Labute approximate surface area is 212 Å². The highest BCUT2D eigenvalue weighted by Gasteiger charge is 2.18. The van der Waals surface area contributed by atoms with Crippen molar-refractivity contribution >= 4 is 34.4 Å². The van der Waals surface area contributed by atoms with Gasteiger partial charge in [0.2, 0.25) is 0 Å². The van der Waals surface area contributed by atoms with Crippen LogP contribution < -0.4 is 10.6 Å². The molecule has 4 rings (SSSR count). The van der Waals surface area contributed by atoms with E-state index in [4.69, 9.17) is 0 Å². The molecule has 0 aliphatic carbocycles. The van der Waals surface area contributed by atoms with Gasteiger partial charge in [0.25, 0.3) is 5.69 Å². The Morgan fingerprint density at radius 3 is 2.30 bits per heavy atom. The lowest BCUT2D eigenvalue weighted by Crippen LogP contribution is -2.07. The third-order valence-corrected chi connectivity index (χ3v) is 5.44. The summed E-state index contributed by atoms with van der Waals surface area (Å²) in [6.07, 6.45) is 0. The van der Waals surface area contributed by atoms with Gasteiger partial charge in [0.05, 0.1) is 16.1 Å². The number of nitrogens with one attached hydrogen (secondary N) is 2. The van der Waals surface area contributed by atoms with Gasteiger partial charge in [-0.1, -0.05) is 48.5 Å². The zero-order valence-corrected chi connectivity index (χ0v) is 19.7. The summed E-state index contributed by atoms with van der Waals surface area (Å²) >= 11 is 0. The number of hydrogen-bond donors (Lipinski definition) is 2. The Bertz CT molecular complexity index is 1560. The highest BCUT2D eigenvalue weighted by molar-refractivity contribution is 5.77. The van der Waals surface area contributed by atoms with Gasteiger partial charge in [-0.25, -0.2) is 4.98 Å². The molecule has 0 saturated heterocycles. The maximum Gasteiger partial charge on any atom is 0.270 e. The van der Waals surface area contributed by atoms with E-state index in [9.17, 15) is 20.6 Å². The summed E-state index contributed by atoms with van der Waals surface area (Å²) in [5.41, 5.74) is 2.83. The van der Waals surface area contributed by atoms with Crippen LogP contribution in [0.15, 0.2) is 89.1 Å². The minimum atomic E-state index is -0.585. The quantitative estimate of drug-likeness (QED) is 0.157. The summed E-state index contributed by atoms with van der Waals surface area (Å²) in [6.45, 7) is 2.20. The van der Waals surface area contributed by atoms with Crippen molar-refractivity contribution < 1.29 is 4.92 Å². The summed E-state index contributed by atoms with van der Waals surface area (Å²) in [5, 5.41) is 45.4. The second-order valence-corrected chi connectivity index (χ2v) is 7.87. The number of pyridine rings is 1. The van der Waals surface area contributed by atoms with Crippen LogP contribution in [0, 0.1) is 39.7 Å². The third kappa shape index (κ3) is 5.73. The molecule has 2 N–H and O–H groups in total. The fourth-order valence-electron chi connectivity index (χ4n) is 3.53. The van der Waals surface area contributed by atoms with Gasteiger partial charge in [0.1, 0.15) is 29.3 Å². The van der Waals surface area contributed by atoms with Crippen LogP contribution in [0.1, 0.15) is 22.3 Å². The minimum absolute atomic E-state index is 0.00258. The van der Waals surface area contributed by atoms with E-state index in [0.29, 0.717) is 35.0 Å². The Balaban J connectivity index is 1.78. The summed E-state index contributed by atoms with van der Waals surface area (Å²) in [7, 11) is 0. The molecular formula is C27H20N8O2.